The van der Waals surface area contributed by atoms with Gasteiger partial charge in [-0.3, -0.25) is 4.79 Å². The number of hydrogen-bond acceptors (Lipinski definition) is 3. The smallest absolute Gasteiger partial charge is 0.336 e. The van der Waals surface area contributed by atoms with Gasteiger partial charge in [0.1, 0.15) is 0 Å². The predicted octanol–water partition coefficient (Wildman–Crippen LogP) is 1.65. The second-order valence-corrected chi connectivity index (χ2v) is 5.44. The molecule has 1 aromatic carbocycles. The van der Waals surface area contributed by atoms with Crippen LogP contribution in [-0.2, 0) is 0 Å². The minimum Gasteiger partial charge on any atom is -0.478 e. The number of nitrogens with zero attached hydrogens (tertiary/aromatic N) is 1. The Labute approximate surface area is 117 Å². The number of hydrogen-bond donors (Lipinski definition) is 2. The third kappa shape index (κ3) is 1.89. The molecular weight excluding hydrogens is 256 g/mol. The first-order chi connectivity index (χ1) is 9.61. The topological polar surface area (TPSA) is 69.6 Å². The van der Waals surface area contributed by atoms with Crippen LogP contribution >= 0.6 is 0 Å². The summed E-state index contributed by atoms with van der Waals surface area (Å²) in [5, 5.41) is 12.6. The minimum absolute atomic E-state index is 0.0418. The van der Waals surface area contributed by atoms with Crippen molar-refractivity contribution in [2.45, 2.75) is 31.8 Å². The van der Waals surface area contributed by atoms with Crippen molar-refractivity contribution in [2.24, 2.45) is 0 Å². The Bertz CT molecular complexity index is 564. The van der Waals surface area contributed by atoms with Gasteiger partial charge in [-0.05, 0) is 44.5 Å². The third-order valence-electron chi connectivity index (χ3n) is 4.34. The van der Waals surface area contributed by atoms with Crippen LogP contribution in [0.3, 0.4) is 0 Å². The summed E-state index contributed by atoms with van der Waals surface area (Å²) in [4.78, 5) is 25.9. The normalized spacial score (nSPS) is 22.9. The summed E-state index contributed by atoms with van der Waals surface area (Å²) in [6.45, 7) is 3.80. The lowest BCUT2D eigenvalue weighted by molar-refractivity contribution is 0.0590. The molecule has 2 aliphatic rings. The quantitative estimate of drug-likeness (QED) is 0.860. The molecule has 1 saturated heterocycles. The molecule has 0 saturated carbocycles. The lowest BCUT2D eigenvalue weighted by atomic mass is 10.00. The highest BCUT2D eigenvalue weighted by atomic mass is 16.4. The average molecular weight is 274 g/mol. The molecule has 5 nitrogen and oxygen atoms in total. The summed E-state index contributed by atoms with van der Waals surface area (Å²) in [5.41, 5.74) is 1.34. The fourth-order valence-electron chi connectivity index (χ4n) is 3.36. The van der Waals surface area contributed by atoms with E-state index >= 15 is 0 Å². The molecule has 0 aromatic heterocycles. The zero-order chi connectivity index (χ0) is 14.3. The van der Waals surface area contributed by atoms with Crippen LogP contribution in [0.4, 0.5) is 0 Å². The third-order valence-corrected chi connectivity index (χ3v) is 4.34. The van der Waals surface area contributed by atoms with Crippen molar-refractivity contribution in [3.63, 3.8) is 0 Å². The van der Waals surface area contributed by atoms with Crippen molar-refractivity contribution >= 4 is 11.9 Å². The van der Waals surface area contributed by atoms with Gasteiger partial charge in [-0.15, -0.1) is 0 Å². The van der Waals surface area contributed by atoms with Gasteiger partial charge >= 0.3 is 5.97 Å². The van der Waals surface area contributed by atoms with Crippen LogP contribution in [-0.4, -0.2) is 41.0 Å². The Morgan fingerprint density at radius 2 is 2.05 bits per heavy atom. The number of benzene rings is 1. The molecule has 0 spiro atoms. The van der Waals surface area contributed by atoms with Crippen LogP contribution in [0.15, 0.2) is 18.2 Å². The summed E-state index contributed by atoms with van der Waals surface area (Å²) in [7, 11) is 0. The van der Waals surface area contributed by atoms with E-state index in [0.29, 0.717) is 5.56 Å². The first kappa shape index (κ1) is 13.1. The van der Waals surface area contributed by atoms with Crippen molar-refractivity contribution in [3.05, 3.63) is 34.9 Å². The summed E-state index contributed by atoms with van der Waals surface area (Å²) < 4.78 is 0. The van der Waals surface area contributed by atoms with Gasteiger partial charge in [0.25, 0.3) is 5.91 Å². The molecule has 0 bridgehead atoms. The average Bonchev–Trinajstić information content (AvgIpc) is 2.72. The first-order valence-corrected chi connectivity index (χ1v) is 7.01. The fraction of sp³-hybridized carbons (Fsp3) is 0.467. The lowest BCUT2D eigenvalue weighted by Crippen LogP contribution is -2.44. The molecule has 1 aromatic rings. The van der Waals surface area contributed by atoms with E-state index in [0.717, 1.165) is 31.5 Å². The number of carboxylic acids is 1. The van der Waals surface area contributed by atoms with Crippen LogP contribution in [0.5, 0.6) is 0 Å². The van der Waals surface area contributed by atoms with Gasteiger partial charge < -0.3 is 15.3 Å². The van der Waals surface area contributed by atoms with Gasteiger partial charge in [0.15, 0.2) is 0 Å². The fourth-order valence-corrected chi connectivity index (χ4v) is 3.36. The maximum atomic E-state index is 12.7. The van der Waals surface area contributed by atoms with E-state index in [-0.39, 0.29) is 23.6 Å². The highest BCUT2D eigenvalue weighted by Crippen LogP contribution is 2.38. The van der Waals surface area contributed by atoms with Crippen LogP contribution in [0, 0.1) is 0 Å². The second kappa shape index (κ2) is 4.90. The van der Waals surface area contributed by atoms with Crippen molar-refractivity contribution in [3.8, 4) is 0 Å². The molecule has 2 N–H and O–H groups in total. The Balaban J connectivity index is 2.01. The van der Waals surface area contributed by atoms with E-state index in [9.17, 15) is 14.7 Å². The monoisotopic (exact) mass is 274 g/mol. The van der Waals surface area contributed by atoms with Gasteiger partial charge in [0.2, 0.25) is 0 Å². The number of rotatable bonds is 2. The Morgan fingerprint density at radius 3 is 2.70 bits per heavy atom. The maximum absolute atomic E-state index is 12.7. The first-order valence-electron chi connectivity index (χ1n) is 7.01. The van der Waals surface area contributed by atoms with Crippen molar-refractivity contribution in [2.75, 3.05) is 13.1 Å². The van der Waals surface area contributed by atoms with Crippen molar-refractivity contribution in [1.82, 2.24) is 10.2 Å². The zero-order valence-corrected chi connectivity index (χ0v) is 11.4. The number of nitrogens with one attached hydrogen (secondary N) is 1. The molecule has 5 heteroatoms. The van der Waals surface area contributed by atoms with Crippen LogP contribution in [0.25, 0.3) is 0 Å². The van der Waals surface area contributed by atoms with Gasteiger partial charge in [0.05, 0.1) is 17.2 Å². The van der Waals surface area contributed by atoms with E-state index < -0.39 is 5.97 Å². The molecule has 0 radical (unpaired) electrons. The van der Waals surface area contributed by atoms with Crippen LogP contribution in [0.1, 0.15) is 52.1 Å². The molecule has 3 rings (SSSR count). The second-order valence-electron chi connectivity index (χ2n) is 5.44. The van der Waals surface area contributed by atoms with Crippen molar-refractivity contribution < 1.29 is 14.7 Å². The van der Waals surface area contributed by atoms with E-state index in [4.69, 9.17) is 0 Å². The van der Waals surface area contributed by atoms with E-state index in [1.165, 1.54) is 6.07 Å². The SMILES string of the molecule is CC1c2cccc(C(=O)O)c2C(=O)N1C1CCNCC1. The molecule has 0 aliphatic carbocycles. The number of carbonyl (C=O) groups excluding carboxylic acids is 1. The van der Waals surface area contributed by atoms with E-state index in [2.05, 4.69) is 5.32 Å². The lowest BCUT2D eigenvalue weighted by Gasteiger charge is -2.34. The highest BCUT2D eigenvalue weighted by molar-refractivity contribution is 6.08. The predicted molar refractivity (Wildman–Crippen MR) is 73.9 cm³/mol. The molecular formula is C15H18N2O3. The number of aromatic carboxylic acids is 1. The summed E-state index contributed by atoms with van der Waals surface area (Å²) in [6.07, 6.45) is 1.85. The number of piperidine rings is 1. The molecule has 1 atom stereocenters. The Kier molecular flexibility index (Phi) is 3.22. The Morgan fingerprint density at radius 1 is 1.35 bits per heavy atom. The largest absolute Gasteiger partial charge is 0.478 e. The highest BCUT2D eigenvalue weighted by Gasteiger charge is 2.40. The van der Waals surface area contributed by atoms with Crippen LogP contribution < -0.4 is 5.32 Å². The van der Waals surface area contributed by atoms with Crippen molar-refractivity contribution in [1.29, 1.82) is 0 Å². The maximum Gasteiger partial charge on any atom is 0.336 e. The zero-order valence-electron chi connectivity index (χ0n) is 11.4. The van der Waals surface area contributed by atoms with Gasteiger partial charge in [-0.25, -0.2) is 4.79 Å². The van der Waals surface area contributed by atoms with E-state index in [1.54, 1.807) is 6.07 Å². The molecule has 20 heavy (non-hydrogen) atoms. The molecule has 2 heterocycles. The molecule has 1 fully saturated rings. The summed E-state index contributed by atoms with van der Waals surface area (Å²) in [5.74, 6) is -1.16. The standard InChI is InChI=1S/C15H18N2O3/c1-9-11-3-2-4-12(15(19)20)13(11)14(18)17(9)10-5-7-16-8-6-10/h2-4,9-10,16H,5-8H2,1H3,(H,19,20). The minimum atomic E-state index is -1.03. The number of amides is 1. The summed E-state index contributed by atoms with van der Waals surface area (Å²) >= 11 is 0. The number of carbonyl (C=O) groups is 2. The molecule has 2 aliphatic heterocycles. The van der Waals surface area contributed by atoms with Gasteiger partial charge in [-0.2, -0.15) is 0 Å². The molecule has 106 valence electrons. The van der Waals surface area contributed by atoms with Crippen LogP contribution in [0.2, 0.25) is 0 Å². The van der Waals surface area contributed by atoms with E-state index in [1.807, 2.05) is 17.9 Å². The Hall–Kier alpha value is -1.88. The molecule has 1 unspecified atom stereocenters. The summed E-state index contributed by atoms with van der Waals surface area (Å²) in [6, 6.07) is 5.26. The van der Waals surface area contributed by atoms with Gasteiger partial charge in [0, 0.05) is 6.04 Å². The molecule has 1 amide bonds. The number of carboxylic acid groups (broad SMARTS) is 1. The number of fused-ring (bicyclic) bond motifs is 1. The van der Waals surface area contributed by atoms with Gasteiger partial charge in [-0.1, -0.05) is 12.1 Å².